The summed E-state index contributed by atoms with van der Waals surface area (Å²) in [6.45, 7) is 2.23. The lowest BCUT2D eigenvalue weighted by Crippen LogP contribution is -2.13. The highest BCUT2D eigenvalue weighted by Crippen LogP contribution is 2.30. The summed E-state index contributed by atoms with van der Waals surface area (Å²) in [6.07, 6.45) is 0.228. The number of aryl methyl sites for hydroxylation is 1. The Hall–Kier alpha value is -1.97. The van der Waals surface area contributed by atoms with E-state index in [2.05, 4.69) is 9.97 Å². The van der Waals surface area contributed by atoms with Gasteiger partial charge in [-0.3, -0.25) is 4.79 Å². The summed E-state index contributed by atoms with van der Waals surface area (Å²) in [5.41, 5.74) is 7.04. The van der Waals surface area contributed by atoms with Crippen LogP contribution in [0.4, 0.5) is 4.39 Å². The molecule has 0 aliphatic carbocycles. The summed E-state index contributed by atoms with van der Waals surface area (Å²) < 4.78 is 19.4. The first-order valence-corrected chi connectivity index (χ1v) is 10.4. The van der Waals surface area contributed by atoms with Gasteiger partial charge in [0.2, 0.25) is 5.91 Å². The Labute approximate surface area is 162 Å². The fraction of sp³-hybridized carbons (Fsp3) is 0.235. The van der Waals surface area contributed by atoms with E-state index in [1.54, 1.807) is 23.9 Å². The van der Waals surface area contributed by atoms with Gasteiger partial charge in [0.1, 0.15) is 23.2 Å². The van der Waals surface area contributed by atoms with Crippen LogP contribution in [-0.2, 0) is 23.6 Å². The Morgan fingerprint density at radius 3 is 2.81 bits per heavy atom. The van der Waals surface area contributed by atoms with E-state index in [-0.39, 0.29) is 18.1 Å². The summed E-state index contributed by atoms with van der Waals surface area (Å²) in [7, 11) is 0. The quantitative estimate of drug-likeness (QED) is 0.570. The molecule has 0 atom stereocenters. The Kier molecular flexibility index (Phi) is 6.23. The summed E-state index contributed by atoms with van der Waals surface area (Å²) in [6, 6.07) is 5.91. The molecule has 136 valence electrons. The molecular formula is C17H16FN3O2S3. The zero-order valence-corrected chi connectivity index (χ0v) is 16.3. The van der Waals surface area contributed by atoms with Crippen LogP contribution in [0.3, 0.4) is 0 Å². The normalized spacial score (nSPS) is 10.8. The number of primary amides is 1. The SMILES string of the molecule is Cc1nc(SCc2csc(COc3ccc(F)cc3)n2)sc1CC(N)=O. The van der Waals surface area contributed by atoms with Crippen molar-refractivity contribution >= 4 is 40.3 Å². The van der Waals surface area contributed by atoms with Gasteiger partial charge in [0.05, 0.1) is 17.8 Å². The van der Waals surface area contributed by atoms with Crippen molar-refractivity contribution in [3.05, 3.63) is 56.7 Å². The molecule has 0 spiro atoms. The van der Waals surface area contributed by atoms with Gasteiger partial charge >= 0.3 is 0 Å². The first-order valence-electron chi connectivity index (χ1n) is 7.68. The summed E-state index contributed by atoms with van der Waals surface area (Å²) >= 11 is 4.60. The molecule has 26 heavy (non-hydrogen) atoms. The zero-order chi connectivity index (χ0) is 18.5. The minimum atomic E-state index is -0.349. The highest BCUT2D eigenvalue weighted by molar-refractivity contribution is 8.00. The Balaban J connectivity index is 1.52. The van der Waals surface area contributed by atoms with Gasteiger partial charge in [-0.15, -0.1) is 22.7 Å². The number of carbonyl (C=O) groups excluding carboxylic acids is 1. The second-order valence-electron chi connectivity index (χ2n) is 5.40. The van der Waals surface area contributed by atoms with Crippen molar-refractivity contribution in [3.8, 4) is 5.75 Å². The number of hydrogen-bond acceptors (Lipinski definition) is 7. The standard InChI is InChI=1S/C17H16FN3O2S3/c1-10-14(6-15(19)22)26-17(20-10)25-9-12-8-24-16(21-12)7-23-13-4-2-11(18)3-5-13/h2-5,8H,6-7,9H2,1H3,(H2,19,22). The number of benzene rings is 1. The molecule has 0 aliphatic rings. The first-order chi connectivity index (χ1) is 12.5. The number of rotatable bonds is 8. The minimum Gasteiger partial charge on any atom is -0.486 e. The number of nitrogens with two attached hydrogens (primary N) is 1. The van der Waals surface area contributed by atoms with Gasteiger partial charge in [-0.25, -0.2) is 14.4 Å². The van der Waals surface area contributed by atoms with Crippen molar-refractivity contribution < 1.29 is 13.9 Å². The Morgan fingerprint density at radius 2 is 2.08 bits per heavy atom. The van der Waals surface area contributed by atoms with Crippen LogP contribution in [0.15, 0.2) is 34.0 Å². The fourth-order valence-electron chi connectivity index (χ4n) is 2.08. The lowest BCUT2D eigenvalue weighted by molar-refractivity contribution is -0.117. The number of carbonyl (C=O) groups is 1. The lowest BCUT2D eigenvalue weighted by atomic mass is 10.3. The predicted octanol–water partition coefficient (Wildman–Crippen LogP) is 3.95. The molecular weight excluding hydrogens is 393 g/mol. The van der Waals surface area contributed by atoms with Crippen molar-refractivity contribution in [2.45, 2.75) is 30.0 Å². The average Bonchev–Trinajstić information content (AvgIpc) is 3.19. The number of aromatic nitrogens is 2. The number of thioether (sulfide) groups is 1. The molecule has 1 aromatic carbocycles. The van der Waals surface area contributed by atoms with Crippen LogP contribution in [0.1, 0.15) is 21.3 Å². The van der Waals surface area contributed by atoms with Gasteiger partial charge in [0.25, 0.3) is 0 Å². The molecule has 2 aromatic heterocycles. The van der Waals surface area contributed by atoms with Crippen molar-refractivity contribution in [1.82, 2.24) is 9.97 Å². The van der Waals surface area contributed by atoms with Gasteiger partial charge in [0.15, 0.2) is 4.34 Å². The maximum absolute atomic E-state index is 12.9. The maximum atomic E-state index is 12.9. The smallest absolute Gasteiger partial charge is 0.222 e. The zero-order valence-electron chi connectivity index (χ0n) is 13.9. The van der Waals surface area contributed by atoms with E-state index in [1.807, 2.05) is 12.3 Å². The second kappa shape index (κ2) is 8.61. The van der Waals surface area contributed by atoms with Crippen molar-refractivity contribution in [1.29, 1.82) is 0 Å². The fourth-order valence-corrected chi connectivity index (χ4v) is 5.03. The topological polar surface area (TPSA) is 78.1 Å². The molecule has 0 saturated carbocycles. The van der Waals surface area contributed by atoms with Gasteiger partial charge < -0.3 is 10.5 Å². The molecule has 0 fully saturated rings. The number of halogens is 1. The molecule has 1 amide bonds. The van der Waals surface area contributed by atoms with Crippen LogP contribution in [0, 0.1) is 12.7 Å². The lowest BCUT2D eigenvalue weighted by Gasteiger charge is -2.03. The van der Waals surface area contributed by atoms with Gasteiger partial charge in [0, 0.05) is 16.0 Å². The van der Waals surface area contributed by atoms with E-state index in [4.69, 9.17) is 10.5 Å². The van der Waals surface area contributed by atoms with Crippen molar-refractivity contribution in [2.24, 2.45) is 5.73 Å². The third kappa shape index (κ3) is 5.26. The predicted molar refractivity (Wildman–Crippen MR) is 102 cm³/mol. The van der Waals surface area contributed by atoms with E-state index in [0.717, 1.165) is 25.6 Å². The van der Waals surface area contributed by atoms with E-state index < -0.39 is 0 Å². The maximum Gasteiger partial charge on any atom is 0.222 e. The van der Waals surface area contributed by atoms with E-state index >= 15 is 0 Å². The van der Waals surface area contributed by atoms with Crippen LogP contribution in [0.2, 0.25) is 0 Å². The molecule has 2 heterocycles. The van der Waals surface area contributed by atoms with Gasteiger partial charge in [-0.1, -0.05) is 11.8 Å². The van der Waals surface area contributed by atoms with Crippen LogP contribution in [0.5, 0.6) is 5.75 Å². The highest BCUT2D eigenvalue weighted by Gasteiger charge is 2.11. The minimum absolute atomic E-state index is 0.228. The van der Waals surface area contributed by atoms with E-state index in [0.29, 0.717) is 18.1 Å². The Morgan fingerprint density at radius 1 is 1.31 bits per heavy atom. The van der Waals surface area contributed by atoms with Gasteiger partial charge in [-0.05, 0) is 31.2 Å². The Bertz CT molecular complexity index is 893. The van der Waals surface area contributed by atoms with Crippen LogP contribution in [0.25, 0.3) is 0 Å². The molecule has 0 unspecified atom stereocenters. The molecule has 5 nitrogen and oxygen atoms in total. The first kappa shape index (κ1) is 18.8. The molecule has 9 heteroatoms. The monoisotopic (exact) mass is 409 g/mol. The largest absolute Gasteiger partial charge is 0.486 e. The molecule has 2 N–H and O–H groups in total. The van der Waals surface area contributed by atoms with Crippen molar-refractivity contribution in [2.75, 3.05) is 0 Å². The van der Waals surface area contributed by atoms with Crippen LogP contribution in [-0.4, -0.2) is 15.9 Å². The molecule has 3 aromatic rings. The number of amides is 1. The molecule has 0 bridgehead atoms. The molecule has 0 aliphatic heterocycles. The van der Waals surface area contributed by atoms with Gasteiger partial charge in [-0.2, -0.15) is 0 Å². The summed E-state index contributed by atoms with van der Waals surface area (Å²) in [5, 5.41) is 2.84. The average molecular weight is 410 g/mol. The highest BCUT2D eigenvalue weighted by atomic mass is 32.2. The second-order valence-corrected chi connectivity index (χ2v) is 8.64. The third-order valence-electron chi connectivity index (χ3n) is 3.33. The van der Waals surface area contributed by atoms with E-state index in [9.17, 15) is 9.18 Å². The summed E-state index contributed by atoms with van der Waals surface area (Å²) in [4.78, 5) is 21.0. The third-order valence-corrected chi connectivity index (χ3v) is 6.53. The summed E-state index contributed by atoms with van der Waals surface area (Å²) in [5.74, 6) is 0.661. The van der Waals surface area contributed by atoms with Crippen LogP contribution < -0.4 is 10.5 Å². The number of ether oxygens (including phenoxy) is 1. The number of hydrogen-bond donors (Lipinski definition) is 1. The van der Waals surface area contributed by atoms with E-state index in [1.165, 1.54) is 34.8 Å². The van der Waals surface area contributed by atoms with Crippen LogP contribution >= 0.6 is 34.4 Å². The molecule has 0 saturated heterocycles. The van der Waals surface area contributed by atoms with Crippen molar-refractivity contribution in [3.63, 3.8) is 0 Å². The molecule has 3 rings (SSSR count). The number of nitrogens with zero attached hydrogens (tertiary/aromatic N) is 2. The molecule has 0 radical (unpaired) electrons. The number of thiazole rings is 2.